The molecule has 2 heterocycles. The third-order valence-corrected chi connectivity index (χ3v) is 5.54. The van der Waals surface area contributed by atoms with Crippen molar-refractivity contribution in [3.05, 3.63) is 41.5 Å². The standard InChI is InChI=1S/C16H21N5O2S/c1-10(2)21-12(4)16(11(3)20-21)24(22,23)17-9-15-18-13-7-5-6-8-14(13)19-15/h5-8,10,17H,9H2,1-4H3,(H,18,19). The van der Waals surface area contributed by atoms with E-state index in [2.05, 4.69) is 19.8 Å². The van der Waals surface area contributed by atoms with Gasteiger partial charge in [-0.1, -0.05) is 12.1 Å². The van der Waals surface area contributed by atoms with Crippen molar-refractivity contribution in [2.45, 2.75) is 45.2 Å². The zero-order valence-electron chi connectivity index (χ0n) is 14.2. The second-order valence-electron chi connectivity index (χ2n) is 6.06. The Morgan fingerprint density at radius 3 is 2.58 bits per heavy atom. The number of rotatable bonds is 5. The quantitative estimate of drug-likeness (QED) is 0.741. The fourth-order valence-corrected chi connectivity index (χ4v) is 4.25. The summed E-state index contributed by atoms with van der Waals surface area (Å²) in [4.78, 5) is 7.74. The predicted molar refractivity (Wildman–Crippen MR) is 92.2 cm³/mol. The molecule has 2 N–H and O–H groups in total. The first-order valence-corrected chi connectivity index (χ1v) is 9.27. The van der Waals surface area contributed by atoms with Crippen molar-refractivity contribution in [3.63, 3.8) is 0 Å². The lowest BCUT2D eigenvalue weighted by Gasteiger charge is -2.09. The van der Waals surface area contributed by atoms with E-state index in [-0.39, 0.29) is 17.5 Å². The van der Waals surface area contributed by atoms with Crippen molar-refractivity contribution in [1.29, 1.82) is 0 Å². The molecule has 7 nitrogen and oxygen atoms in total. The normalized spacial score (nSPS) is 12.4. The number of sulfonamides is 1. The lowest BCUT2D eigenvalue weighted by atomic mass is 10.3. The third kappa shape index (κ3) is 2.94. The summed E-state index contributed by atoms with van der Waals surface area (Å²) < 4.78 is 29.7. The largest absolute Gasteiger partial charge is 0.341 e. The van der Waals surface area contributed by atoms with E-state index in [9.17, 15) is 8.42 Å². The molecule has 24 heavy (non-hydrogen) atoms. The molecule has 0 bridgehead atoms. The number of fused-ring (bicyclic) bond motifs is 1. The van der Waals surface area contributed by atoms with E-state index in [4.69, 9.17) is 0 Å². The summed E-state index contributed by atoms with van der Waals surface area (Å²) in [5.41, 5.74) is 2.83. The van der Waals surface area contributed by atoms with Crippen LogP contribution in [0.2, 0.25) is 0 Å². The fraction of sp³-hybridized carbons (Fsp3) is 0.375. The summed E-state index contributed by atoms with van der Waals surface area (Å²) in [6.45, 7) is 7.52. The second kappa shape index (κ2) is 6.03. The Kier molecular flexibility index (Phi) is 4.18. The van der Waals surface area contributed by atoms with Crippen LogP contribution in [-0.4, -0.2) is 28.2 Å². The molecule has 8 heteroatoms. The van der Waals surface area contributed by atoms with Crippen LogP contribution in [0.1, 0.15) is 37.1 Å². The average Bonchev–Trinajstić information content (AvgIpc) is 3.06. The summed E-state index contributed by atoms with van der Waals surface area (Å²) in [6, 6.07) is 7.68. The van der Waals surface area contributed by atoms with Crippen molar-refractivity contribution in [1.82, 2.24) is 24.5 Å². The molecule has 0 radical (unpaired) electrons. The van der Waals surface area contributed by atoms with Gasteiger partial charge in [-0.3, -0.25) is 4.68 Å². The molecule has 0 fully saturated rings. The van der Waals surface area contributed by atoms with E-state index in [1.807, 2.05) is 38.1 Å². The van der Waals surface area contributed by atoms with E-state index in [0.29, 0.717) is 17.2 Å². The molecule has 0 amide bonds. The van der Waals surface area contributed by atoms with Gasteiger partial charge in [0.1, 0.15) is 10.7 Å². The molecular formula is C16H21N5O2S. The number of H-pyrrole nitrogens is 1. The number of benzene rings is 1. The van der Waals surface area contributed by atoms with Gasteiger partial charge in [0, 0.05) is 6.04 Å². The topological polar surface area (TPSA) is 92.7 Å². The summed E-state index contributed by atoms with van der Waals surface area (Å²) in [7, 11) is -3.66. The van der Waals surface area contributed by atoms with Gasteiger partial charge in [0.15, 0.2) is 0 Å². The Hall–Kier alpha value is -2.19. The highest BCUT2D eigenvalue weighted by atomic mass is 32.2. The molecule has 0 aliphatic rings. The van der Waals surface area contributed by atoms with Crippen LogP contribution >= 0.6 is 0 Å². The zero-order chi connectivity index (χ0) is 17.5. The Bertz CT molecular complexity index is 952. The number of nitrogens with one attached hydrogen (secondary N) is 2. The Morgan fingerprint density at radius 1 is 1.25 bits per heavy atom. The fourth-order valence-electron chi connectivity index (χ4n) is 2.86. The number of imidazole rings is 1. The molecule has 128 valence electrons. The Morgan fingerprint density at radius 2 is 1.96 bits per heavy atom. The van der Waals surface area contributed by atoms with Gasteiger partial charge in [-0.25, -0.2) is 18.1 Å². The SMILES string of the molecule is Cc1nn(C(C)C)c(C)c1S(=O)(=O)NCc1nc2ccccc2[nH]1. The number of hydrogen-bond donors (Lipinski definition) is 2. The lowest BCUT2D eigenvalue weighted by Crippen LogP contribution is -2.25. The Labute approximate surface area is 141 Å². The minimum absolute atomic E-state index is 0.1000. The van der Waals surface area contributed by atoms with E-state index < -0.39 is 10.0 Å². The minimum Gasteiger partial charge on any atom is -0.341 e. The van der Waals surface area contributed by atoms with Crippen LogP contribution in [0.4, 0.5) is 0 Å². The lowest BCUT2D eigenvalue weighted by molar-refractivity contribution is 0.514. The van der Waals surface area contributed by atoms with Crippen LogP contribution in [0, 0.1) is 13.8 Å². The van der Waals surface area contributed by atoms with Crippen LogP contribution < -0.4 is 4.72 Å². The molecule has 1 aromatic carbocycles. The molecule has 0 spiro atoms. The number of para-hydroxylation sites is 2. The monoisotopic (exact) mass is 347 g/mol. The smallest absolute Gasteiger partial charge is 0.244 e. The number of aromatic nitrogens is 4. The summed E-state index contributed by atoms with van der Waals surface area (Å²) >= 11 is 0. The summed E-state index contributed by atoms with van der Waals surface area (Å²) in [5, 5.41) is 4.34. The van der Waals surface area contributed by atoms with E-state index in [0.717, 1.165) is 11.0 Å². The van der Waals surface area contributed by atoms with Gasteiger partial charge < -0.3 is 4.98 Å². The number of aryl methyl sites for hydroxylation is 1. The van der Waals surface area contributed by atoms with Crippen LogP contribution in [0.15, 0.2) is 29.2 Å². The first-order valence-electron chi connectivity index (χ1n) is 7.78. The summed E-state index contributed by atoms with van der Waals surface area (Å²) in [6.07, 6.45) is 0. The first-order chi connectivity index (χ1) is 11.3. The maximum Gasteiger partial charge on any atom is 0.244 e. The van der Waals surface area contributed by atoms with Crippen molar-refractivity contribution < 1.29 is 8.42 Å². The molecule has 2 aromatic heterocycles. The van der Waals surface area contributed by atoms with E-state index >= 15 is 0 Å². The summed E-state index contributed by atoms with van der Waals surface area (Å²) in [5.74, 6) is 0.575. The number of nitrogens with zero attached hydrogens (tertiary/aromatic N) is 3. The maximum absolute atomic E-state index is 12.7. The maximum atomic E-state index is 12.7. The highest BCUT2D eigenvalue weighted by Crippen LogP contribution is 2.22. The van der Waals surface area contributed by atoms with E-state index in [1.165, 1.54) is 0 Å². The van der Waals surface area contributed by atoms with Crippen LogP contribution in [0.5, 0.6) is 0 Å². The molecule has 0 saturated carbocycles. The van der Waals surface area contributed by atoms with Gasteiger partial charge in [-0.15, -0.1) is 0 Å². The molecule has 3 aromatic rings. The highest BCUT2D eigenvalue weighted by molar-refractivity contribution is 7.89. The second-order valence-corrected chi connectivity index (χ2v) is 7.77. The average molecular weight is 347 g/mol. The van der Waals surface area contributed by atoms with Crippen LogP contribution in [0.25, 0.3) is 11.0 Å². The van der Waals surface area contributed by atoms with Crippen molar-refractivity contribution in [3.8, 4) is 0 Å². The van der Waals surface area contributed by atoms with Crippen LogP contribution in [-0.2, 0) is 16.6 Å². The van der Waals surface area contributed by atoms with Crippen molar-refractivity contribution in [2.75, 3.05) is 0 Å². The predicted octanol–water partition coefficient (Wildman–Crippen LogP) is 2.44. The van der Waals surface area contributed by atoms with Gasteiger partial charge in [0.25, 0.3) is 0 Å². The van der Waals surface area contributed by atoms with Crippen molar-refractivity contribution in [2.24, 2.45) is 0 Å². The first kappa shape index (κ1) is 16.7. The van der Waals surface area contributed by atoms with Gasteiger partial charge in [-0.05, 0) is 39.8 Å². The van der Waals surface area contributed by atoms with E-state index in [1.54, 1.807) is 18.5 Å². The van der Waals surface area contributed by atoms with Crippen molar-refractivity contribution >= 4 is 21.1 Å². The van der Waals surface area contributed by atoms with Gasteiger partial charge in [0.05, 0.1) is 29.0 Å². The minimum atomic E-state index is -3.66. The number of aromatic amines is 1. The van der Waals surface area contributed by atoms with Gasteiger partial charge >= 0.3 is 0 Å². The number of hydrogen-bond acceptors (Lipinski definition) is 4. The zero-order valence-corrected chi connectivity index (χ0v) is 15.0. The molecule has 0 aliphatic heterocycles. The van der Waals surface area contributed by atoms with Gasteiger partial charge in [-0.2, -0.15) is 5.10 Å². The van der Waals surface area contributed by atoms with Crippen LogP contribution in [0.3, 0.4) is 0 Å². The molecule has 0 saturated heterocycles. The molecule has 0 aliphatic carbocycles. The van der Waals surface area contributed by atoms with Gasteiger partial charge in [0.2, 0.25) is 10.0 Å². The highest BCUT2D eigenvalue weighted by Gasteiger charge is 2.25. The third-order valence-electron chi connectivity index (χ3n) is 3.88. The molecular weight excluding hydrogens is 326 g/mol. The molecule has 0 atom stereocenters. The molecule has 0 unspecified atom stereocenters. The molecule has 3 rings (SSSR count). The Balaban J connectivity index is 1.86.